The fourth-order valence-electron chi connectivity index (χ4n) is 2.33. The number of hydrogen-bond acceptors (Lipinski definition) is 8. The van der Waals surface area contributed by atoms with E-state index in [0.29, 0.717) is 5.69 Å². The molecule has 1 aliphatic heterocycles. The predicted molar refractivity (Wildman–Crippen MR) is 79.0 cm³/mol. The summed E-state index contributed by atoms with van der Waals surface area (Å²) in [6.07, 6.45) is 1.89. The van der Waals surface area contributed by atoms with Crippen molar-refractivity contribution in [2.24, 2.45) is 0 Å². The van der Waals surface area contributed by atoms with E-state index in [1.54, 1.807) is 0 Å². The van der Waals surface area contributed by atoms with Gasteiger partial charge in [0.2, 0.25) is 0 Å². The smallest absolute Gasteiger partial charge is 0.375 e. The van der Waals surface area contributed by atoms with Crippen LogP contribution in [-0.4, -0.2) is 37.5 Å². The van der Waals surface area contributed by atoms with E-state index < -0.39 is 39.3 Å². The Kier molecular flexibility index (Phi) is 3.85. The van der Waals surface area contributed by atoms with Crippen molar-refractivity contribution < 1.29 is 24.2 Å². The monoisotopic (exact) mass is 347 g/mol. The molecule has 0 radical (unpaired) electrons. The van der Waals surface area contributed by atoms with E-state index in [0.717, 1.165) is 12.1 Å². The molecule has 25 heavy (non-hydrogen) atoms. The molecule has 1 atom stereocenters. The van der Waals surface area contributed by atoms with E-state index in [-0.39, 0.29) is 12.1 Å². The Morgan fingerprint density at radius 3 is 2.60 bits per heavy atom. The number of nitro groups is 2. The minimum Gasteiger partial charge on any atom is -0.375 e. The van der Waals surface area contributed by atoms with E-state index in [9.17, 15) is 29.8 Å². The normalized spacial score (nSPS) is 16.4. The molecule has 0 spiro atoms. The Balaban J connectivity index is 1.89. The molecule has 1 fully saturated rings. The second-order valence-electron chi connectivity index (χ2n) is 5.07. The van der Waals surface area contributed by atoms with Crippen molar-refractivity contribution in [3.05, 3.63) is 56.6 Å². The van der Waals surface area contributed by atoms with E-state index in [1.165, 1.54) is 23.2 Å². The number of amides is 1. The first-order chi connectivity index (χ1) is 11.8. The molecule has 1 N–H and O–H groups in total. The molecule has 128 valence electrons. The quantitative estimate of drug-likeness (QED) is 0.361. The maximum atomic E-state index is 11.4. The Morgan fingerprint density at radius 2 is 2.00 bits per heavy atom. The molecule has 0 aliphatic carbocycles. The maximum Gasteiger partial charge on any atom is 0.415 e. The van der Waals surface area contributed by atoms with Crippen LogP contribution < -0.4 is 5.32 Å². The number of carbonyl (C=O) groups excluding carboxylic acids is 2. The zero-order valence-electron chi connectivity index (χ0n) is 12.3. The van der Waals surface area contributed by atoms with E-state index in [1.807, 2.05) is 0 Å². The molecule has 1 aliphatic rings. The molecule has 2 aromatic rings. The molecule has 12 heteroatoms. The second-order valence-corrected chi connectivity index (χ2v) is 5.07. The molecule has 0 unspecified atom stereocenters. The van der Waals surface area contributed by atoms with Crippen LogP contribution >= 0.6 is 0 Å². The lowest BCUT2D eigenvalue weighted by atomic mass is 10.2. The van der Waals surface area contributed by atoms with Crippen molar-refractivity contribution in [2.45, 2.75) is 12.5 Å². The number of rotatable bonds is 5. The highest BCUT2D eigenvalue weighted by molar-refractivity contribution is 5.95. The molecule has 3 rings (SSSR count). The van der Waals surface area contributed by atoms with Gasteiger partial charge < -0.3 is 10.1 Å². The summed E-state index contributed by atoms with van der Waals surface area (Å²) in [5, 5.41) is 24.2. The minimum atomic E-state index is -0.886. The first-order valence-corrected chi connectivity index (χ1v) is 6.83. The minimum absolute atomic E-state index is 0.0400. The molecule has 1 amide bonds. The Labute approximate surface area is 138 Å². The topological polar surface area (TPSA) is 159 Å². The van der Waals surface area contributed by atoms with Gasteiger partial charge in [0.25, 0.3) is 11.4 Å². The van der Waals surface area contributed by atoms with Gasteiger partial charge >= 0.3 is 12.1 Å². The number of hydrogen-bond donors (Lipinski definition) is 1. The van der Waals surface area contributed by atoms with Gasteiger partial charge in [-0.3, -0.25) is 24.8 Å². The Hall–Kier alpha value is -3.83. The van der Waals surface area contributed by atoms with Gasteiger partial charge in [-0.1, -0.05) is 0 Å². The van der Waals surface area contributed by atoms with Crippen molar-refractivity contribution in [3.8, 4) is 5.69 Å². The van der Waals surface area contributed by atoms with Gasteiger partial charge in [-0.05, 0) is 6.07 Å². The lowest BCUT2D eigenvalue weighted by Gasteiger charge is -2.04. The number of alkyl carbamates (subject to hydrolysis) is 1. The first kappa shape index (κ1) is 16.0. The molecule has 1 aromatic heterocycles. The number of nitro benzene ring substituents is 2. The number of benzene rings is 1. The lowest BCUT2D eigenvalue weighted by molar-refractivity contribution is -0.394. The highest BCUT2D eigenvalue weighted by atomic mass is 16.6. The number of esters is 1. The summed E-state index contributed by atoms with van der Waals surface area (Å²) in [5.41, 5.74) is -0.428. The molecular weight excluding hydrogens is 338 g/mol. The fourth-order valence-corrected chi connectivity index (χ4v) is 2.33. The third-order valence-corrected chi connectivity index (χ3v) is 3.46. The largest absolute Gasteiger partial charge is 0.415 e. The van der Waals surface area contributed by atoms with Crippen LogP contribution in [0.15, 0.2) is 30.7 Å². The van der Waals surface area contributed by atoms with Crippen LogP contribution in [0, 0.1) is 20.2 Å². The molecule has 0 bridgehead atoms. The number of non-ortho nitro benzene ring substituents is 1. The van der Waals surface area contributed by atoms with Crippen LogP contribution in [0.1, 0.15) is 5.69 Å². The highest BCUT2D eigenvalue weighted by Gasteiger charge is 2.33. The number of ether oxygens (including phenoxy) is 1. The van der Waals surface area contributed by atoms with Gasteiger partial charge in [0, 0.05) is 18.7 Å². The van der Waals surface area contributed by atoms with Crippen LogP contribution in [0.3, 0.4) is 0 Å². The van der Waals surface area contributed by atoms with Crippen LogP contribution in [0.4, 0.5) is 16.2 Å². The third kappa shape index (κ3) is 3.12. The number of carbonyl (C=O) groups is 2. The van der Waals surface area contributed by atoms with Crippen molar-refractivity contribution in [1.29, 1.82) is 0 Å². The molecule has 0 saturated carbocycles. The van der Waals surface area contributed by atoms with Gasteiger partial charge in [0.15, 0.2) is 0 Å². The van der Waals surface area contributed by atoms with E-state index >= 15 is 0 Å². The van der Waals surface area contributed by atoms with Crippen LogP contribution in [-0.2, 0) is 16.0 Å². The van der Waals surface area contributed by atoms with Gasteiger partial charge in [-0.15, -0.1) is 0 Å². The zero-order valence-corrected chi connectivity index (χ0v) is 12.3. The summed E-state index contributed by atoms with van der Waals surface area (Å²) in [5.74, 6) is -0.735. The van der Waals surface area contributed by atoms with Crippen LogP contribution in [0.2, 0.25) is 0 Å². The molecule has 1 saturated heterocycles. The molecule has 2 heterocycles. The molecule has 1 aromatic carbocycles. The summed E-state index contributed by atoms with van der Waals surface area (Å²) in [7, 11) is 0. The first-order valence-electron chi connectivity index (χ1n) is 6.83. The molecular formula is C13H9N5O7. The zero-order chi connectivity index (χ0) is 18.1. The van der Waals surface area contributed by atoms with Gasteiger partial charge in [0.1, 0.15) is 11.7 Å². The summed E-state index contributed by atoms with van der Waals surface area (Å²) >= 11 is 0. The number of nitrogens with zero attached hydrogens (tertiary/aromatic N) is 4. The van der Waals surface area contributed by atoms with Crippen LogP contribution in [0.25, 0.3) is 5.69 Å². The number of imidazole rings is 1. The van der Waals surface area contributed by atoms with Crippen molar-refractivity contribution >= 4 is 23.4 Å². The fraction of sp³-hybridized carbons (Fsp3) is 0.154. The van der Waals surface area contributed by atoms with Gasteiger partial charge in [-0.25, -0.2) is 14.6 Å². The van der Waals surface area contributed by atoms with Gasteiger partial charge in [-0.2, -0.15) is 0 Å². The molecule has 12 nitrogen and oxygen atoms in total. The summed E-state index contributed by atoms with van der Waals surface area (Å²) in [6, 6.07) is 2.33. The second kappa shape index (κ2) is 5.99. The average Bonchev–Trinajstić information content (AvgIpc) is 3.13. The van der Waals surface area contributed by atoms with E-state index in [4.69, 9.17) is 0 Å². The third-order valence-electron chi connectivity index (χ3n) is 3.46. The maximum absolute atomic E-state index is 11.4. The number of aromatic nitrogens is 2. The summed E-state index contributed by atoms with van der Waals surface area (Å²) in [6.45, 7) is 0. The Bertz CT molecular complexity index is 906. The average molecular weight is 347 g/mol. The van der Waals surface area contributed by atoms with Crippen molar-refractivity contribution in [1.82, 2.24) is 14.9 Å². The highest BCUT2D eigenvalue weighted by Crippen LogP contribution is 2.28. The number of nitrogens with one attached hydrogen (secondary N) is 1. The van der Waals surface area contributed by atoms with Crippen LogP contribution in [0.5, 0.6) is 0 Å². The lowest BCUT2D eigenvalue weighted by Crippen LogP contribution is -2.30. The summed E-state index contributed by atoms with van der Waals surface area (Å²) in [4.78, 5) is 46.9. The SMILES string of the molecule is O=C1N[C@@H](Cc2cn(-c3ccc([N+](=O)[O-])cc3[N+](=O)[O-])cn2)C(=O)O1. The predicted octanol–water partition coefficient (Wildman–Crippen LogP) is 0.866. The van der Waals surface area contributed by atoms with E-state index in [2.05, 4.69) is 15.0 Å². The van der Waals surface area contributed by atoms with Crippen molar-refractivity contribution in [3.63, 3.8) is 0 Å². The van der Waals surface area contributed by atoms with Gasteiger partial charge in [0.05, 0.1) is 27.9 Å². The Morgan fingerprint density at radius 1 is 1.24 bits per heavy atom. The number of cyclic esters (lactones) is 2. The standard InChI is InChI=1S/C13H9N5O7/c19-12-9(15-13(20)25-12)3-7-5-16(6-14-7)10-2-1-8(17(21)22)4-11(10)18(23)24/h1-2,4-6,9H,3H2,(H,15,20)/t9-/m0/s1. The van der Waals surface area contributed by atoms with Crippen molar-refractivity contribution in [2.75, 3.05) is 0 Å². The summed E-state index contributed by atoms with van der Waals surface area (Å²) < 4.78 is 5.65.